The van der Waals surface area contributed by atoms with E-state index in [1.165, 1.54) is 11.1 Å². The maximum atomic E-state index is 12.9. The number of phenols is 1. The van der Waals surface area contributed by atoms with Gasteiger partial charge in [-0.25, -0.2) is 0 Å². The van der Waals surface area contributed by atoms with E-state index in [0.717, 1.165) is 37.2 Å². The van der Waals surface area contributed by atoms with Gasteiger partial charge < -0.3 is 15.7 Å². The van der Waals surface area contributed by atoms with Crippen molar-refractivity contribution in [2.24, 2.45) is 5.92 Å². The summed E-state index contributed by atoms with van der Waals surface area (Å²) < 4.78 is 0. The monoisotopic (exact) mass is 371 g/mol. The van der Waals surface area contributed by atoms with E-state index in [1.807, 2.05) is 6.07 Å². The molecule has 2 atom stereocenters. The second-order valence-electron chi connectivity index (χ2n) is 8.50. The molecule has 2 aliphatic rings. The van der Waals surface area contributed by atoms with Gasteiger partial charge in [0, 0.05) is 32.2 Å². The summed E-state index contributed by atoms with van der Waals surface area (Å²) in [5.41, 5.74) is 5.18. The smallest absolute Gasteiger partial charge is 0.237 e. The van der Waals surface area contributed by atoms with E-state index < -0.39 is 0 Å². The van der Waals surface area contributed by atoms with Crippen LogP contribution in [-0.4, -0.2) is 47.6 Å². The number of benzene rings is 1. The maximum absolute atomic E-state index is 12.9. The van der Waals surface area contributed by atoms with Crippen LogP contribution in [0.15, 0.2) is 29.3 Å². The summed E-state index contributed by atoms with van der Waals surface area (Å²) >= 11 is 0. The van der Waals surface area contributed by atoms with Crippen molar-refractivity contribution >= 4 is 5.91 Å². The molecule has 1 aromatic carbocycles. The summed E-state index contributed by atoms with van der Waals surface area (Å²) in [6, 6.07) is 5.34. The van der Waals surface area contributed by atoms with Gasteiger partial charge in [-0.3, -0.25) is 9.69 Å². The Morgan fingerprint density at radius 3 is 2.78 bits per heavy atom. The molecular weight excluding hydrogens is 338 g/mol. The topological polar surface area (TPSA) is 64.6 Å². The van der Waals surface area contributed by atoms with Gasteiger partial charge in [-0.2, -0.15) is 0 Å². The van der Waals surface area contributed by atoms with Crippen molar-refractivity contribution in [2.45, 2.75) is 59.2 Å². The van der Waals surface area contributed by atoms with Gasteiger partial charge in [-0.05, 0) is 55.9 Å². The molecule has 1 amide bonds. The molecule has 5 nitrogen and oxygen atoms in total. The van der Waals surface area contributed by atoms with E-state index in [9.17, 15) is 9.90 Å². The molecule has 1 unspecified atom stereocenters. The quantitative estimate of drug-likeness (QED) is 0.696. The van der Waals surface area contributed by atoms with Crippen LogP contribution in [0.5, 0.6) is 5.75 Å². The Bertz CT molecular complexity index is 726. The second-order valence-corrected chi connectivity index (χ2v) is 8.50. The molecule has 148 valence electrons. The third-order valence-electron chi connectivity index (χ3n) is 6.05. The van der Waals surface area contributed by atoms with Gasteiger partial charge in [-0.15, -0.1) is 0 Å². The van der Waals surface area contributed by atoms with Crippen molar-refractivity contribution in [1.29, 1.82) is 0 Å². The van der Waals surface area contributed by atoms with Crippen LogP contribution in [0.4, 0.5) is 0 Å². The first kappa shape index (κ1) is 19.9. The Morgan fingerprint density at radius 2 is 2.07 bits per heavy atom. The molecular formula is C22H33N3O2. The molecule has 0 radical (unpaired) electrons. The number of hydrogen-bond donors (Lipinski definition) is 3. The number of rotatable bonds is 5. The van der Waals surface area contributed by atoms with Gasteiger partial charge in [0.25, 0.3) is 0 Å². The highest BCUT2D eigenvalue weighted by Crippen LogP contribution is 2.22. The van der Waals surface area contributed by atoms with E-state index >= 15 is 0 Å². The molecule has 0 saturated heterocycles. The Kier molecular flexibility index (Phi) is 6.22. The van der Waals surface area contributed by atoms with E-state index in [0.29, 0.717) is 18.9 Å². The van der Waals surface area contributed by atoms with E-state index in [1.54, 1.807) is 12.1 Å². The zero-order valence-electron chi connectivity index (χ0n) is 17.0. The largest absolute Gasteiger partial charge is 0.508 e. The van der Waals surface area contributed by atoms with Crippen LogP contribution in [0.2, 0.25) is 0 Å². The normalized spacial score (nSPS) is 21.9. The number of hydrogen-bond acceptors (Lipinski definition) is 4. The molecule has 0 bridgehead atoms. The third kappa shape index (κ3) is 4.90. The van der Waals surface area contributed by atoms with Crippen LogP contribution in [-0.2, 0) is 17.8 Å². The van der Waals surface area contributed by atoms with Gasteiger partial charge in [0.1, 0.15) is 5.75 Å². The highest BCUT2D eigenvalue weighted by Gasteiger charge is 2.28. The highest BCUT2D eigenvalue weighted by molar-refractivity contribution is 5.82. The predicted molar refractivity (Wildman–Crippen MR) is 109 cm³/mol. The number of nitrogens with one attached hydrogen (secondary N) is 2. The number of carbonyl (C=O) groups is 1. The summed E-state index contributed by atoms with van der Waals surface area (Å²) in [6.45, 7) is 12.4. The van der Waals surface area contributed by atoms with E-state index in [4.69, 9.17) is 0 Å². The van der Waals surface area contributed by atoms with Crippen LogP contribution in [0, 0.1) is 5.92 Å². The number of amides is 1. The van der Waals surface area contributed by atoms with Crippen molar-refractivity contribution in [2.75, 3.05) is 19.6 Å². The van der Waals surface area contributed by atoms with Crippen LogP contribution >= 0.6 is 0 Å². The molecule has 5 heteroatoms. The van der Waals surface area contributed by atoms with Crippen LogP contribution in [0.3, 0.4) is 0 Å². The lowest BCUT2D eigenvalue weighted by molar-refractivity contribution is -0.124. The molecule has 0 aliphatic carbocycles. The van der Waals surface area contributed by atoms with Gasteiger partial charge in [0.05, 0.1) is 6.04 Å². The number of aromatic hydroxyl groups is 1. The van der Waals surface area contributed by atoms with Gasteiger partial charge in [0.15, 0.2) is 0 Å². The first-order chi connectivity index (χ1) is 12.8. The molecule has 2 aliphatic heterocycles. The Morgan fingerprint density at radius 1 is 1.30 bits per heavy atom. The summed E-state index contributed by atoms with van der Waals surface area (Å²) in [5, 5.41) is 16.2. The predicted octanol–water partition coefficient (Wildman–Crippen LogP) is 2.59. The van der Waals surface area contributed by atoms with Crippen molar-refractivity contribution in [1.82, 2.24) is 15.5 Å². The third-order valence-corrected chi connectivity index (χ3v) is 6.05. The zero-order chi connectivity index (χ0) is 19.6. The Balaban J connectivity index is 1.60. The summed E-state index contributed by atoms with van der Waals surface area (Å²) in [6.07, 6.45) is 1.79. The Hall–Kier alpha value is -1.85. The maximum Gasteiger partial charge on any atom is 0.237 e. The van der Waals surface area contributed by atoms with Crippen molar-refractivity contribution in [3.05, 3.63) is 40.5 Å². The minimum Gasteiger partial charge on any atom is -0.508 e. The highest BCUT2D eigenvalue weighted by atomic mass is 16.3. The van der Waals surface area contributed by atoms with Crippen LogP contribution in [0.25, 0.3) is 0 Å². The van der Waals surface area contributed by atoms with Crippen molar-refractivity contribution in [3.8, 4) is 5.75 Å². The van der Waals surface area contributed by atoms with Crippen LogP contribution in [0.1, 0.15) is 45.2 Å². The number of nitrogens with zero attached hydrogens (tertiary/aromatic N) is 1. The van der Waals surface area contributed by atoms with Gasteiger partial charge >= 0.3 is 0 Å². The number of fused-ring (bicyclic) bond motifs is 1. The SMILES string of the molecule is CC1=C(C)CN(C[C@@H](NC(=O)C2Cc3ccc(O)cc3CN2)C(C)C)CC1. The van der Waals surface area contributed by atoms with Gasteiger partial charge in [-0.1, -0.05) is 31.1 Å². The minimum atomic E-state index is -0.214. The fourth-order valence-electron chi connectivity index (χ4n) is 3.92. The lowest BCUT2D eigenvalue weighted by atomic mass is 9.94. The standard InChI is InChI=1S/C22H33N3O2/c1-14(2)21(13-25-8-7-15(3)16(4)12-25)24-22(27)20-10-17-5-6-19(26)9-18(17)11-23-20/h5-6,9,14,20-21,23,26H,7-8,10-13H2,1-4H3,(H,24,27)/t20?,21-/m1/s1. The van der Waals surface area contributed by atoms with Crippen molar-refractivity contribution in [3.63, 3.8) is 0 Å². The van der Waals surface area contributed by atoms with Crippen LogP contribution < -0.4 is 10.6 Å². The molecule has 0 saturated carbocycles. The zero-order valence-corrected chi connectivity index (χ0v) is 17.0. The van der Waals surface area contributed by atoms with E-state index in [-0.39, 0.29) is 23.7 Å². The second kappa shape index (κ2) is 8.44. The molecule has 3 rings (SSSR count). The van der Waals surface area contributed by atoms with E-state index in [2.05, 4.69) is 43.2 Å². The summed E-state index contributed by atoms with van der Waals surface area (Å²) in [4.78, 5) is 15.4. The first-order valence-corrected chi connectivity index (χ1v) is 10.1. The Labute approximate surface area is 162 Å². The minimum absolute atomic E-state index is 0.0767. The number of phenolic OH excluding ortho intramolecular Hbond substituents is 1. The molecule has 0 fully saturated rings. The first-order valence-electron chi connectivity index (χ1n) is 10.1. The molecule has 1 aromatic rings. The fraction of sp³-hybridized carbons (Fsp3) is 0.591. The average Bonchev–Trinajstić information content (AvgIpc) is 2.63. The van der Waals surface area contributed by atoms with Gasteiger partial charge in [0.2, 0.25) is 5.91 Å². The molecule has 27 heavy (non-hydrogen) atoms. The number of carbonyl (C=O) groups excluding carboxylic acids is 1. The lowest BCUT2D eigenvalue weighted by Gasteiger charge is -2.35. The summed E-state index contributed by atoms with van der Waals surface area (Å²) in [5.74, 6) is 0.737. The lowest BCUT2D eigenvalue weighted by Crippen LogP contribution is -2.54. The average molecular weight is 372 g/mol. The molecule has 3 N–H and O–H groups in total. The molecule has 0 spiro atoms. The molecule has 0 aromatic heterocycles. The van der Waals surface area contributed by atoms with Crippen molar-refractivity contribution < 1.29 is 9.90 Å². The molecule has 2 heterocycles. The summed E-state index contributed by atoms with van der Waals surface area (Å²) in [7, 11) is 0. The fourth-order valence-corrected chi connectivity index (χ4v) is 3.92.